The molecule has 0 aromatic heterocycles. The highest BCUT2D eigenvalue weighted by molar-refractivity contribution is 5.92. The van der Waals surface area contributed by atoms with Gasteiger partial charge in [-0.2, -0.15) is 0 Å². The highest BCUT2D eigenvalue weighted by Crippen LogP contribution is 2.22. The van der Waals surface area contributed by atoms with E-state index >= 15 is 0 Å². The zero-order valence-corrected chi connectivity index (χ0v) is 16.5. The Morgan fingerprint density at radius 2 is 1.73 bits per heavy atom. The van der Waals surface area contributed by atoms with Crippen LogP contribution < -0.4 is 5.32 Å². The molecule has 1 aromatic carbocycles. The Labute approximate surface area is 158 Å². The van der Waals surface area contributed by atoms with Crippen LogP contribution in [0.4, 0.5) is 5.69 Å². The minimum Gasteiger partial charge on any atom is -0.325 e. The predicted molar refractivity (Wildman–Crippen MR) is 109 cm³/mol. The van der Waals surface area contributed by atoms with Gasteiger partial charge in [-0.1, -0.05) is 32.4 Å². The molecule has 0 spiro atoms. The van der Waals surface area contributed by atoms with Crippen molar-refractivity contribution in [2.75, 3.05) is 38.0 Å². The molecule has 144 valence electrons. The normalized spacial score (nSPS) is 21.5. The van der Waals surface area contributed by atoms with Gasteiger partial charge in [0.15, 0.2) is 0 Å². The van der Waals surface area contributed by atoms with Crippen LogP contribution in [0.3, 0.4) is 0 Å². The standard InChI is InChI=1S/C22H35N3O/c1-3-18(2)19-7-9-20(10-8-19)23-22(26)17-24-15-11-21(12-16-24)25-13-5-4-6-14-25/h7-10,18,21H,3-6,11-17H2,1-2H3,(H,23,26)/t18-/m0/s1. The molecule has 0 bridgehead atoms. The van der Waals surface area contributed by atoms with Crippen molar-refractivity contribution in [1.82, 2.24) is 9.80 Å². The van der Waals surface area contributed by atoms with Crippen molar-refractivity contribution >= 4 is 11.6 Å². The number of benzene rings is 1. The second-order valence-electron chi connectivity index (χ2n) is 8.08. The SMILES string of the molecule is CC[C@H](C)c1ccc(NC(=O)CN2CCC(N3CCCCC3)CC2)cc1. The van der Waals surface area contributed by atoms with Gasteiger partial charge in [0.2, 0.25) is 5.91 Å². The number of likely N-dealkylation sites (tertiary alicyclic amines) is 2. The Kier molecular flexibility index (Phi) is 7.09. The molecule has 1 amide bonds. The number of nitrogens with one attached hydrogen (secondary N) is 1. The van der Waals surface area contributed by atoms with Gasteiger partial charge < -0.3 is 10.2 Å². The quantitative estimate of drug-likeness (QED) is 0.833. The minimum absolute atomic E-state index is 0.109. The molecule has 2 aliphatic rings. The number of hydrogen-bond acceptors (Lipinski definition) is 3. The van der Waals surface area contributed by atoms with E-state index in [1.165, 1.54) is 50.8 Å². The number of piperidine rings is 2. The third-order valence-corrected chi connectivity index (χ3v) is 6.21. The van der Waals surface area contributed by atoms with E-state index in [4.69, 9.17) is 0 Å². The fourth-order valence-corrected chi connectivity index (χ4v) is 4.26. The largest absolute Gasteiger partial charge is 0.325 e. The molecule has 2 aliphatic heterocycles. The van der Waals surface area contributed by atoms with E-state index in [1.54, 1.807) is 0 Å². The Balaban J connectivity index is 1.41. The van der Waals surface area contributed by atoms with Gasteiger partial charge in [-0.25, -0.2) is 0 Å². The van der Waals surface area contributed by atoms with Crippen LogP contribution in [0.5, 0.6) is 0 Å². The Bertz CT molecular complexity index is 557. The summed E-state index contributed by atoms with van der Waals surface area (Å²) in [6.07, 6.45) is 7.66. The van der Waals surface area contributed by atoms with Crippen molar-refractivity contribution in [2.24, 2.45) is 0 Å². The third-order valence-electron chi connectivity index (χ3n) is 6.21. The van der Waals surface area contributed by atoms with E-state index in [2.05, 4.69) is 41.1 Å². The fourth-order valence-electron chi connectivity index (χ4n) is 4.26. The van der Waals surface area contributed by atoms with Gasteiger partial charge in [-0.3, -0.25) is 9.69 Å². The van der Waals surface area contributed by atoms with Crippen LogP contribution in [0.15, 0.2) is 24.3 Å². The molecule has 0 saturated carbocycles. The number of nitrogens with zero attached hydrogens (tertiary/aromatic N) is 2. The second-order valence-corrected chi connectivity index (χ2v) is 8.08. The summed E-state index contributed by atoms with van der Waals surface area (Å²) in [5.74, 6) is 0.679. The zero-order valence-electron chi connectivity index (χ0n) is 16.5. The first-order valence-electron chi connectivity index (χ1n) is 10.5. The molecule has 4 heteroatoms. The van der Waals surface area contributed by atoms with E-state index in [-0.39, 0.29) is 5.91 Å². The molecule has 1 N–H and O–H groups in total. The number of anilines is 1. The van der Waals surface area contributed by atoms with Crippen LogP contribution in [0.1, 0.15) is 63.9 Å². The maximum absolute atomic E-state index is 12.4. The number of carbonyl (C=O) groups excluding carboxylic acids is 1. The van der Waals surface area contributed by atoms with Crippen molar-refractivity contribution in [3.63, 3.8) is 0 Å². The fraction of sp³-hybridized carbons (Fsp3) is 0.682. The summed E-state index contributed by atoms with van der Waals surface area (Å²) in [5, 5.41) is 3.06. The first-order valence-corrected chi connectivity index (χ1v) is 10.5. The summed E-state index contributed by atoms with van der Waals surface area (Å²) in [6, 6.07) is 9.06. The van der Waals surface area contributed by atoms with E-state index < -0.39 is 0 Å². The summed E-state index contributed by atoms with van der Waals surface area (Å²) in [4.78, 5) is 17.4. The van der Waals surface area contributed by atoms with Crippen LogP contribution in [-0.2, 0) is 4.79 Å². The topological polar surface area (TPSA) is 35.6 Å². The van der Waals surface area contributed by atoms with Crippen molar-refractivity contribution in [1.29, 1.82) is 0 Å². The lowest BCUT2D eigenvalue weighted by molar-refractivity contribution is -0.117. The number of rotatable bonds is 6. The number of carbonyl (C=O) groups is 1. The first-order chi connectivity index (χ1) is 12.7. The smallest absolute Gasteiger partial charge is 0.238 e. The van der Waals surface area contributed by atoms with E-state index in [9.17, 15) is 4.79 Å². The van der Waals surface area contributed by atoms with Crippen LogP contribution in [0, 0.1) is 0 Å². The maximum Gasteiger partial charge on any atom is 0.238 e. The minimum atomic E-state index is 0.109. The Hall–Kier alpha value is -1.39. The molecular weight excluding hydrogens is 322 g/mol. The summed E-state index contributed by atoms with van der Waals surface area (Å²) in [6.45, 7) is 9.59. The van der Waals surface area contributed by atoms with Crippen molar-refractivity contribution in [3.8, 4) is 0 Å². The number of hydrogen-bond donors (Lipinski definition) is 1. The molecule has 2 fully saturated rings. The molecule has 1 aromatic rings. The van der Waals surface area contributed by atoms with Crippen LogP contribution in [-0.4, -0.2) is 54.5 Å². The maximum atomic E-state index is 12.4. The lowest BCUT2D eigenvalue weighted by Gasteiger charge is -2.40. The Morgan fingerprint density at radius 1 is 1.08 bits per heavy atom. The van der Waals surface area contributed by atoms with Gasteiger partial charge in [-0.15, -0.1) is 0 Å². The molecule has 0 radical (unpaired) electrons. The van der Waals surface area contributed by atoms with Crippen molar-refractivity contribution in [2.45, 2.75) is 64.3 Å². The van der Waals surface area contributed by atoms with Crippen LogP contribution >= 0.6 is 0 Å². The van der Waals surface area contributed by atoms with Gasteiger partial charge in [0.25, 0.3) is 0 Å². The molecule has 2 saturated heterocycles. The van der Waals surface area contributed by atoms with Gasteiger partial charge in [0.05, 0.1) is 6.54 Å². The molecule has 4 nitrogen and oxygen atoms in total. The van der Waals surface area contributed by atoms with Crippen LogP contribution in [0.2, 0.25) is 0 Å². The zero-order chi connectivity index (χ0) is 18.4. The molecule has 2 heterocycles. The van der Waals surface area contributed by atoms with E-state index in [1.807, 2.05) is 12.1 Å². The molecule has 3 rings (SSSR count). The van der Waals surface area contributed by atoms with Gasteiger partial charge in [0, 0.05) is 24.8 Å². The molecular formula is C22H35N3O. The van der Waals surface area contributed by atoms with Crippen molar-refractivity contribution < 1.29 is 4.79 Å². The van der Waals surface area contributed by atoms with Crippen molar-refractivity contribution in [3.05, 3.63) is 29.8 Å². The first kappa shape index (κ1) is 19.4. The van der Waals surface area contributed by atoms with Crippen LogP contribution in [0.25, 0.3) is 0 Å². The highest BCUT2D eigenvalue weighted by atomic mass is 16.2. The third kappa shape index (κ3) is 5.31. The summed E-state index contributed by atoms with van der Waals surface area (Å²) in [7, 11) is 0. The molecule has 26 heavy (non-hydrogen) atoms. The van der Waals surface area contributed by atoms with E-state index in [0.29, 0.717) is 12.5 Å². The molecule has 1 atom stereocenters. The summed E-state index contributed by atoms with van der Waals surface area (Å²) >= 11 is 0. The van der Waals surface area contributed by atoms with Gasteiger partial charge in [0.1, 0.15) is 0 Å². The predicted octanol–water partition coefficient (Wildman–Crippen LogP) is 4.09. The summed E-state index contributed by atoms with van der Waals surface area (Å²) in [5.41, 5.74) is 2.25. The second kappa shape index (κ2) is 9.52. The lowest BCUT2D eigenvalue weighted by Crippen LogP contribution is -2.48. The monoisotopic (exact) mass is 357 g/mol. The Morgan fingerprint density at radius 3 is 2.35 bits per heavy atom. The summed E-state index contributed by atoms with van der Waals surface area (Å²) < 4.78 is 0. The van der Waals surface area contributed by atoms with Gasteiger partial charge >= 0.3 is 0 Å². The molecule has 0 aliphatic carbocycles. The average molecular weight is 358 g/mol. The average Bonchev–Trinajstić information content (AvgIpc) is 2.69. The molecule has 0 unspecified atom stereocenters. The van der Waals surface area contributed by atoms with Gasteiger partial charge in [-0.05, 0) is 68.8 Å². The van der Waals surface area contributed by atoms with E-state index in [0.717, 1.165) is 31.2 Å². The highest BCUT2D eigenvalue weighted by Gasteiger charge is 2.26. The number of amides is 1. The lowest BCUT2D eigenvalue weighted by atomic mass is 9.98.